The van der Waals surface area contributed by atoms with Crippen LogP contribution < -0.4 is 5.32 Å². The van der Waals surface area contributed by atoms with E-state index in [2.05, 4.69) is 20.3 Å². The average molecular weight is 206 g/mol. The van der Waals surface area contributed by atoms with Crippen molar-refractivity contribution in [2.75, 3.05) is 11.9 Å². The molecule has 0 aromatic carbocycles. The van der Waals surface area contributed by atoms with Gasteiger partial charge in [0.25, 0.3) is 0 Å². The number of hydrogen-bond acceptors (Lipinski definition) is 3. The maximum Gasteiger partial charge on any atom is 0.223 e. The van der Waals surface area contributed by atoms with Crippen LogP contribution in [0.2, 0.25) is 0 Å². The van der Waals surface area contributed by atoms with Gasteiger partial charge in [-0.2, -0.15) is 0 Å². The summed E-state index contributed by atoms with van der Waals surface area (Å²) in [5.74, 6) is 0.00241. The minimum Gasteiger partial charge on any atom is -0.360 e. The molecule has 2 N–H and O–H groups in total. The highest BCUT2D eigenvalue weighted by atomic mass is 19.1. The molecule has 0 radical (unpaired) electrons. The van der Waals surface area contributed by atoms with Gasteiger partial charge in [0.1, 0.15) is 5.69 Å². The Morgan fingerprint density at radius 3 is 3.07 bits per heavy atom. The molecule has 0 aliphatic heterocycles. The molecule has 2 aromatic heterocycles. The van der Waals surface area contributed by atoms with Gasteiger partial charge in [0.15, 0.2) is 5.82 Å². The van der Waals surface area contributed by atoms with Gasteiger partial charge in [0.2, 0.25) is 5.95 Å². The van der Waals surface area contributed by atoms with Gasteiger partial charge < -0.3 is 10.3 Å². The van der Waals surface area contributed by atoms with Crippen LogP contribution in [-0.2, 0) is 0 Å². The van der Waals surface area contributed by atoms with Gasteiger partial charge in [-0.25, -0.2) is 14.4 Å². The maximum absolute atomic E-state index is 13.4. The molecule has 0 unspecified atom stereocenters. The number of halogens is 1. The number of nitrogens with zero attached hydrogens (tertiary/aromatic N) is 2. The molecule has 2 heterocycles. The van der Waals surface area contributed by atoms with Gasteiger partial charge in [-0.1, -0.05) is 0 Å². The van der Waals surface area contributed by atoms with Crippen molar-refractivity contribution in [3.63, 3.8) is 0 Å². The molecule has 0 saturated carbocycles. The second kappa shape index (κ2) is 4.08. The Morgan fingerprint density at radius 2 is 2.40 bits per heavy atom. The fourth-order valence-electron chi connectivity index (χ4n) is 1.28. The van der Waals surface area contributed by atoms with Crippen LogP contribution in [0.1, 0.15) is 6.92 Å². The van der Waals surface area contributed by atoms with Crippen LogP contribution in [0.15, 0.2) is 24.5 Å². The number of hydrogen-bond donors (Lipinski definition) is 2. The van der Waals surface area contributed by atoms with Crippen molar-refractivity contribution in [1.29, 1.82) is 0 Å². The Morgan fingerprint density at radius 1 is 1.53 bits per heavy atom. The summed E-state index contributed by atoms with van der Waals surface area (Å²) in [4.78, 5) is 10.8. The molecule has 4 nitrogen and oxygen atoms in total. The zero-order chi connectivity index (χ0) is 10.7. The summed E-state index contributed by atoms with van der Waals surface area (Å²) in [6.45, 7) is 2.64. The van der Waals surface area contributed by atoms with Crippen molar-refractivity contribution >= 4 is 5.95 Å². The summed E-state index contributed by atoms with van der Waals surface area (Å²) >= 11 is 0. The molecule has 0 aliphatic rings. The van der Waals surface area contributed by atoms with Crippen molar-refractivity contribution in [1.82, 2.24) is 15.0 Å². The van der Waals surface area contributed by atoms with Gasteiger partial charge in [-0.15, -0.1) is 0 Å². The predicted molar refractivity (Wildman–Crippen MR) is 55.9 cm³/mol. The fraction of sp³-hybridized carbons (Fsp3) is 0.200. The maximum atomic E-state index is 13.4. The quantitative estimate of drug-likeness (QED) is 0.808. The molecule has 5 heteroatoms. The Bertz CT molecular complexity index is 439. The highest BCUT2D eigenvalue weighted by molar-refractivity contribution is 5.56. The zero-order valence-corrected chi connectivity index (χ0v) is 8.29. The fourth-order valence-corrected chi connectivity index (χ4v) is 1.28. The number of aromatic amines is 1. The van der Waals surface area contributed by atoms with Crippen molar-refractivity contribution in [2.45, 2.75) is 6.92 Å². The molecule has 2 rings (SSSR count). The van der Waals surface area contributed by atoms with Crippen molar-refractivity contribution in [3.8, 4) is 11.4 Å². The van der Waals surface area contributed by atoms with Gasteiger partial charge in [0, 0.05) is 12.7 Å². The normalized spacial score (nSPS) is 10.3. The zero-order valence-electron chi connectivity index (χ0n) is 8.29. The Hall–Kier alpha value is -1.91. The van der Waals surface area contributed by atoms with Crippen LogP contribution in [0.25, 0.3) is 11.4 Å². The van der Waals surface area contributed by atoms with Crippen LogP contribution >= 0.6 is 0 Å². The lowest BCUT2D eigenvalue weighted by Crippen LogP contribution is -2.04. The summed E-state index contributed by atoms with van der Waals surface area (Å²) in [7, 11) is 0. The second-order valence-corrected chi connectivity index (χ2v) is 3.00. The predicted octanol–water partition coefficient (Wildman–Crippen LogP) is 2.04. The number of anilines is 1. The Labute approximate surface area is 86.6 Å². The molecule has 0 amide bonds. The highest BCUT2D eigenvalue weighted by Gasteiger charge is 2.09. The largest absolute Gasteiger partial charge is 0.360 e. The Balaban J connectivity index is 2.41. The summed E-state index contributed by atoms with van der Waals surface area (Å²) < 4.78 is 13.4. The van der Waals surface area contributed by atoms with E-state index in [9.17, 15) is 4.39 Å². The lowest BCUT2D eigenvalue weighted by molar-refractivity contribution is 0.618. The third kappa shape index (κ3) is 1.96. The SMILES string of the molecule is CCNc1ncc(F)c(-c2ccc[nH]2)n1. The first-order valence-electron chi connectivity index (χ1n) is 4.71. The average Bonchev–Trinajstić information content (AvgIpc) is 2.74. The molecule has 0 atom stereocenters. The van der Waals surface area contributed by atoms with E-state index in [0.717, 1.165) is 0 Å². The van der Waals surface area contributed by atoms with Crippen LogP contribution in [0.3, 0.4) is 0 Å². The van der Waals surface area contributed by atoms with E-state index in [0.29, 0.717) is 18.2 Å². The number of aromatic nitrogens is 3. The third-order valence-corrected chi connectivity index (χ3v) is 1.93. The van der Waals surface area contributed by atoms with Crippen LogP contribution in [0.4, 0.5) is 10.3 Å². The first kappa shape index (κ1) is 9.64. The number of nitrogens with one attached hydrogen (secondary N) is 2. The van der Waals surface area contributed by atoms with Gasteiger partial charge in [0.05, 0.1) is 11.9 Å². The van der Waals surface area contributed by atoms with E-state index >= 15 is 0 Å². The molecule has 0 spiro atoms. The van der Waals surface area contributed by atoms with Crippen LogP contribution in [0, 0.1) is 5.82 Å². The van der Waals surface area contributed by atoms with E-state index < -0.39 is 5.82 Å². The van der Waals surface area contributed by atoms with E-state index in [1.807, 2.05) is 6.92 Å². The van der Waals surface area contributed by atoms with Gasteiger partial charge >= 0.3 is 0 Å². The summed E-state index contributed by atoms with van der Waals surface area (Å²) in [5.41, 5.74) is 0.931. The molecule has 2 aromatic rings. The summed E-state index contributed by atoms with van der Waals surface area (Å²) in [6, 6.07) is 3.56. The lowest BCUT2D eigenvalue weighted by Gasteiger charge is -2.04. The highest BCUT2D eigenvalue weighted by Crippen LogP contribution is 2.18. The standard InChI is InChI=1S/C10H11FN4/c1-2-12-10-14-6-7(11)9(15-10)8-4-3-5-13-8/h3-6,13H,2H2,1H3,(H,12,14,15). The smallest absolute Gasteiger partial charge is 0.223 e. The second-order valence-electron chi connectivity index (χ2n) is 3.00. The van der Waals surface area contributed by atoms with Crippen molar-refractivity contribution in [2.24, 2.45) is 0 Å². The first-order valence-corrected chi connectivity index (χ1v) is 4.71. The van der Waals surface area contributed by atoms with Crippen LogP contribution in [0.5, 0.6) is 0 Å². The molecule has 0 fully saturated rings. The van der Waals surface area contributed by atoms with E-state index in [1.165, 1.54) is 6.20 Å². The van der Waals surface area contributed by atoms with E-state index in [4.69, 9.17) is 0 Å². The van der Waals surface area contributed by atoms with E-state index in [-0.39, 0.29) is 5.69 Å². The lowest BCUT2D eigenvalue weighted by atomic mass is 10.3. The molecule has 0 bridgehead atoms. The van der Waals surface area contributed by atoms with Crippen molar-refractivity contribution in [3.05, 3.63) is 30.3 Å². The summed E-state index contributed by atoms with van der Waals surface area (Å²) in [5, 5.41) is 2.93. The van der Waals surface area contributed by atoms with Gasteiger partial charge in [-0.05, 0) is 19.1 Å². The van der Waals surface area contributed by atoms with Crippen molar-refractivity contribution < 1.29 is 4.39 Å². The van der Waals surface area contributed by atoms with Crippen LogP contribution in [-0.4, -0.2) is 21.5 Å². The van der Waals surface area contributed by atoms with E-state index in [1.54, 1.807) is 18.3 Å². The van der Waals surface area contributed by atoms with Gasteiger partial charge in [-0.3, -0.25) is 0 Å². The minimum atomic E-state index is -0.431. The molecule has 78 valence electrons. The number of rotatable bonds is 3. The first-order chi connectivity index (χ1) is 7.31. The molecular weight excluding hydrogens is 195 g/mol. The molecule has 0 aliphatic carbocycles. The Kier molecular flexibility index (Phi) is 2.62. The molecule has 0 saturated heterocycles. The molecule has 15 heavy (non-hydrogen) atoms. The summed E-state index contributed by atoms with van der Waals surface area (Å²) in [6.07, 6.45) is 2.89. The molecular formula is C10H11FN4. The third-order valence-electron chi connectivity index (χ3n) is 1.93. The minimum absolute atomic E-state index is 0.283. The monoisotopic (exact) mass is 206 g/mol. The topological polar surface area (TPSA) is 53.6 Å². The number of H-pyrrole nitrogens is 1.